The van der Waals surface area contributed by atoms with Crippen LogP contribution in [0.25, 0.3) is 11.1 Å². The normalized spacial score (nSPS) is 11.2. The lowest BCUT2D eigenvalue weighted by atomic mass is 10.1. The Morgan fingerprint density at radius 2 is 1.59 bits per heavy atom. The number of aromatic nitrogens is 2. The van der Waals surface area contributed by atoms with Crippen LogP contribution < -0.4 is 21.9 Å². The predicted molar refractivity (Wildman–Crippen MR) is 140 cm³/mol. The number of nitrogens with zero attached hydrogens (tertiary/aromatic N) is 2. The number of nitrogen functional groups attached to an aromatic ring is 1. The van der Waals surface area contributed by atoms with Gasteiger partial charge >= 0.3 is 5.69 Å². The Bertz CT molecular complexity index is 1230. The third-order valence-electron chi connectivity index (χ3n) is 5.20. The van der Waals surface area contributed by atoms with Gasteiger partial charge in [-0.1, -0.05) is 70.2 Å². The first kappa shape index (κ1) is 25.4. The van der Waals surface area contributed by atoms with Crippen molar-refractivity contribution in [3.05, 3.63) is 75.4 Å². The Labute approximate surface area is 204 Å². The maximum absolute atomic E-state index is 13.3. The highest BCUT2D eigenvalue weighted by Gasteiger charge is 2.25. The minimum Gasteiger partial charge on any atom is -0.383 e. The first-order chi connectivity index (χ1) is 16.2. The highest BCUT2D eigenvalue weighted by atomic mass is 32.2. The fourth-order valence-electron chi connectivity index (χ4n) is 3.66. The molecule has 0 unspecified atom stereocenters. The molecule has 0 atom stereocenters. The Hall–Kier alpha value is -3.26. The molecule has 1 aromatic heterocycles. The number of benzene rings is 2. The molecule has 0 radical (unpaired) electrons. The van der Waals surface area contributed by atoms with Gasteiger partial charge in [0.15, 0.2) is 5.69 Å². The van der Waals surface area contributed by atoms with E-state index in [0.717, 1.165) is 16.0 Å². The molecule has 1 amide bonds. The molecule has 3 N–H and O–H groups in total. The molecule has 0 saturated heterocycles. The van der Waals surface area contributed by atoms with Gasteiger partial charge in [-0.2, -0.15) is 0 Å². The van der Waals surface area contributed by atoms with Gasteiger partial charge in [0.1, 0.15) is 5.82 Å². The molecule has 0 saturated carbocycles. The van der Waals surface area contributed by atoms with Crippen molar-refractivity contribution in [1.29, 1.82) is 0 Å². The summed E-state index contributed by atoms with van der Waals surface area (Å²) in [6.45, 7) is 8.50. The highest BCUT2D eigenvalue weighted by molar-refractivity contribution is 8.00. The molecule has 0 aliphatic rings. The molecule has 2 aromatic carbocycles. The van der Waals surface area contributed by atoms with E-state index in [-0.39, 0.29) is 35.0 Å². The Kier molecular flexibility index (Phi) is 8.39. The van der Waals surface area contributed by atoms with Gasteiger partial charge in [-0.3, -0.25) is 19.1 Å². The molecule has 8 heteroatoms. The summed E-state index contributed by atoms with van der Waals surface area (Å²) in [5.74, 6) is 0.164. The van der Waals surface area contributed by atoms with E-state index in [2.05, 4.69) is 17.1 Å². The molecule has 0 spiro atoms. The van der Waals surface area contributed by atoms with Crippen molar-refractivity contribution in [2.45, 2.75) is 39.1 Å². The first-order valence-corrected chi connectivity index (χ1v) is 12.4. The van der Waals surface area contributed by atoms with Crippen LogP contribution in [-0.4, -0.2) is 27.8 Å². The van der Waals surface area contributed by atoms with Crippen molar-refractivity contribution in [3.63, 3.8) is 0 Å². The van der Waals surface area contributed by atoms with Crippen LogP contribution in [-0.2, 0) is 11.3 Å². The number of H-pyrrole nitrogens is 1. The lowest BCUT2D eigenvalue weighted by molar-refractivity contribution is -0.116. The van der Waals surface area contributed by atoms with Crippen LogP contribution in [0.5, 0.6) is 0 Å². The number of aromatic amines is 1. The minimum atomic E-state index is -0.645. The van der Waals surface area contributed by atoms with E-state index in [9.17, 15) is 14.4 Å². The molecule has 34 heavy (non-hydrogen) atoms. The second kappa shape index (κ2) is 11.2. The third-order valence-corrected chi connectivity index (χ3v) is 6.20. The maximum atomic E-state index is 13.3. The van der Waals surface area contributed by atoms with Crippen LogP contribution in [0.15, 0.2) is 69.1 Å². The Morgan fingerprint density at radius 3 is 2.18 bits per heavy atom. The van der Waals surface area contributed by atoms with Gasteiger partial charge < -0.3 is 10.6 Å². The number of hydrogen-bond donors (Lipinski definition) is 2. The summed E-state index contributed by atoms with van der Waals surface area (Å²) in [5, 5.41) is 0. The summed E-state index contributed by atoms with van der Waals surface area (Å²) in [5.41, 5.74) is 7.33. The summed E-state index contributed by atoms with van der Waals surface area (Å²) in [6, 6.07) is 18.1. The summed E-state index contributed by atoms with van der Waals surface area (Å²) in [6.07, 6.45) is 0. The molecule has 3 aromatic rings. The van der Waals surface area contributed by atoms with Gasteiger partial charge in [0.05, 0.1) is 5.75 Å². The van der Waals surface area contributed by atoms with Crippen molar-refractivity contribution >= 4 is 29.2 Å². The molecular formula is C26H32N4O3S. The van der Waals surface area contributed by atoms with Crippen molar-refractivity contribution in [3.8, 4) is 11.1 Å². The SMILES string of the molecule is CC(C)CN(C(=O)CSc1ccc(-c2ccccc2)cc1)c1c(N)n(CC(C)C)c(=O)[nH]c1=O. The first-order valence-electron chi connectivity index (χ1n) is 11.4. The standard InChI is InChI=1S/C26H32N4O3S/c1-17(2)14-29(23-24(27)30(15-18(3)4)26(33)28-25(23)32)22(31)16-34-21-12-10-20(11-13-21)19-8-6-5-7-9-19/h5-13,17-18H,14-16,27H2,1-4H3,(H,28,32,33). The number of hydrogen-bond acceptors (Lipinski definition) is 5. The molecule has 0 aliphatic heterocycles. The monoisotopic (exact) mass is 480 g/mol. The number of carbonyl (C=O) groups is 1. The molecule has 0 bridgehead atoms. The van der Waals surface area contributed by atoms with E-state index in [4.69, 9.17) is 5.73 Å². The van der Waals surface area contributed by atoms with E-state index in [1.165, 1.54) is 21.2 Å². The van der Waals surface area contributed by atoms with E-state index in [0.29, 0.717) is 13.1 Å². The quantitative estimate of drug-likeness (QED) is 0.447. The number of carbonyl (C=O) groups excluding carboxylic acids is 1. The van der Waals surface area contributed by atoms with E-state index < -0.39 is 11.2 Å². The minimum absolute atomic E-state index is 0.0219. The van der Waals surface area contributed by atoms with Crippen molar-refractivity contribution in [2.75, 3.05) is 22.9 Å². The number of nitrogens with one attached hydrogen (secondary N) is 1. The van der Waals surface area contributed by atoms with Gasteiger partial charge in [0.25, 0.3) is 5.56 Å². The van der Waals surface area contributed by atoms with Crippen LogP contribution >= 0.6 is 11.8 Å². The molecular weight excluding hydrogens is 448 g/mol. The summed E-state index contributed by atoms with van der Waals surface area (Å²) in [4.78, 5) is 43.0. The van der Waals surface area contributed by atoms with Crippen molar-refractivity contribution in [1.82, 2.24) is 9.55 Å². The van der Waals surface area contributed by atoms with E-state index >= 15 is 0 Å². The maximum Gasteiger partial charge on any atom is 0.330 e. The second-order valence-corrected chi connectivity index (χ2v) is 10.1. The number of rotatable bonds is 9. The number of thioether (sulfide) groups is 1. The molecule has 7 nitrogen and oxygen atoms in total. The topological polar surface area (TPSA) is 101 Å². The lowest BCUT2D eigenvalue weighted by Gasteiger charge is -2.26. The summed E-state index contributed by atoms with van der Waals surface area (Å²) < 4.78 is 1.33. The zero-order chi connectivity index (χ0) is 24.8. The van der Waals surface area contributed by atoms with Crippen LogP contribution in [0.3, 0.4) is 0 Å². The van der Waals surface area contributed by atoms with Crippen LogP contribution in [0.1, 0.15) is 27.7 Å². The van der Waals surface area contributed by atoms with E-state index in [1.54, 1.807) is 0 Å². The smallest absolute Gasteiger partial charge is 0.330 e. The van der Waals surface area contributed by atoms with Gasteiger partial charge in [-0.25, -0.2) is 4.79 Å². The lowest BCUT2D eigenvalue weighted by Crippen LogP contribution is -2.43. The average Bonchev–Trinajstić information content (AvgIpc) is 2.80. The average molecular weight is 481 g/mol. The van der Waals surface area contributed by atoms with Gasteiger partial charge in [0.2, 0.25) is 5.91 Å². The number of nitrogens with two attached hydrogens (primary N) is 1. The fraction of sp³-hybridized carbons (Fsp3) is 0.346. The fourth-order valence-corrected chi connectivity index (χ4v) is 4.44. The third kappa shape index (κ3) is 6.20. The van der Waals surface area contributed by atoms with Crippen molar-refractivity contribution in [2.24, 2.45) is 11.8 Å². The van der Waals surface area contributed by atoms with Crippen LogP contribution in [0, 0.1) is 11.8 Å². The second-order valence-electron chi connectivity index (χ2n) is 9.07. The van der Waals surface area contributed by atoms with Crippen LogP contribution in [0.4, 0.5) is 11.5 Å². The Morgan fingerprint density at radius 1 is 0.971 bits per heavy atom. The molecule has 3 rings (SSSR count). The Balaban J connectivity index is 1.83. The predicted octanol–water partition coefficient (Wildman–Crippen LogP) is 4.22. The summed E-state index contributed by atoms with van der Waals surface area (Å²) in [7, 11) is 0. The molecule has 180 valence electrons. The summed E-state index contributed by atoms with van der Waals surface area (Å²) >= 11 is 1.40. The zero-order valence-corrected chi connectivity index (χ0v) is 20.9. The van der Waals surface area contributed by atoms with Gasteiger partial charge in [-0.15, -0.1) is 11.8 Å². The molecule has 0 fully saturated rings. The van der Waals surface area contributed by atoms with Gasteiger partial charge in [0, 0.05) is 18.0 Å². The number of anilines is 2. The van der Waals surface area contributed by atoms with Crippen LogP contribution in [0.2, 0.25) is 0 Å². The molecule has 1 heterocycles. The molecule has 0 aliphatic carbocycles. The largest absolute Gasteiger partial charge is 0.383 e. The van der Waals surface area contributed by atoms with E-state index in [1.807, 2.05) is 70.2 Å². The number of amides is 1. The zero-order valence-electron chi connectivity index (χ0n) is 20.1. The highest BCUT2D eigenvalue weighted by Crippen LogP contribution is 2.26. The van der Waals surface area contributed by atoms with Crippen molar-refractivity contribution < 1.29 is 4.79 Å². The van der Waals surface area contributed by atoms with Gasteiger partial charge in [-0.05, 0) is 35.1 Å².